The summed E-state index contributed by atoms with van der Waals surface area (Å²) < 4.78 is 10.0. The van der Waals surface area contributed by atoms with Crippen LogP contribution in [0.1, 0.15) is 36.0 Å². The molecule has 0 aromatic heterocycles. The second-order valence-electron chi connectivity index (χ2n) is 6.36. The van der Waals surface area contributed by atoms with Gasteiger partial charge in [0.1, 0.15) is 5.75 Å². The van der Waals surface area contributed by atoms with E-state index in [4.69, 9.17) is 9.47 Å². The van der Waals surface area contributed by atoms with E-state index in [0.717, 1.165) is 47.8 Å². The highest BCUT2D eigenvalue weighted by Crippen LogP contribution is 2.32. The molecule has 1 aliphatic carbocycles. The SMILES string of the molecule is COC(=O)C1CCC(C(=O)c2ccc3cc(OC)ccc3c2)CC1. The zero-order valence-corrected chi connectivity index (χ0v) is 14.1. The Labute approximate surface area is 141 Å². The lowest BCUT2D eigenvalue weighted by molar-refractivity contribution is -0.146. The predicted octanol–water partition coefficient (Wildman–Crippen LogP) is 4.01. The van der Waals surface area contributed by atoms with Crippen molar-refractivity contribution < 1.29 is 19.1 Å². The first-order valence-electron chi connectivity index (χ1n) is 8.32. The lowest BCUT2D eigenvalue weighted by Crippen LogP contribution is -2.26. The second kappa shape index (κ2) is 7.04. The molecule has 1 fully saturated rings. The van der Waals surface area contributed by atoms with E-state index >= 15 is 0 Å². The molecule has 4 nitrogen and oxygen atoms in total. The van der Waals surface area contributed by atoms with Crippen LogP contribution in [0.3, 0.4) is 0 Å². The lowest BCUT2D eigenvalue weighted by atomic mass is 9.78. The molecule has 0 bridgehead atoms. The topological polar surface area (TPSA) is 52.6 Å². The van der Waals surface area contributed by atoms with Crippen LogP contribution in [0.15, 0.2) is 36.4 Å². The molecule has 0 aliphatic heterocycles. The number of hydrogen-bond acceptors (Lipinski definition) is 4. The van der Waals surface area contributed by atoms with Gasteiger partial charge in [-0.2, -0.15) is 0 Å². The van der Waals surface area contributed by atoms with Crippen LogP contribution in [0.25, 0.3) is 10.8 Å². The minimum absolute atomic E-state index is 0.00149. The lowest BCUT2D eigenvalue weighted by Gasteiger charge is -2.26. The van der Waals surface area contributed by atoms with Crippen molar-refractivity contribution in [1.82, 2.24) is 0 Å². The number of methoxy groups -OCH3 is 2. The highest BCUT2D eigenvalue weighted by molar-refractivity contribution is 6.01. The molecule has 0 saturated heterocycles. The molecule has 2 aromatic rings. The van der Waals surface area contributed by atoms with E-state index in [1.165, 1.54) is 7.11 Å². The van der Waals surface area contributed by atoms with Crippen LogP contribution in [-0.4, -0.2) is 26.0 Å². The first-order chi connectivity index (χ1) is 11.6. The van der Waals surface area contributed by atoms with E-state index in [0.29, 0.717) is 0 Å². The Kier molecular flexibility index (Phi) is 4.84. The summed E-state index contributed by atoms with van der Waals surface area (Å²) in [5.74, 6) is 0.781. The van der Waals surface area contributed by atoms with E-state index in [2.05, 4.69) is 0 Å². The van der Waals surface area contributed by atoms with E-state index in [1.54, 1.807) is 7.11 Å². The number of fused-ring (bicyclic) bond motifs is 1. The van der Waals surface area contributed by atoms with Gasteiger partial charge < -0.3 is 9.47 Å². The maximum absolute atomic E-state index is 12.8. The van der Waals surface area contributed by atoms with Gasteiger partial charge in [0.05, 0.1) is 20.1 Å². The molecule has 0 unspecified atom stereocenters. The molecule has 0 heterocycles. The van der Waals surface area contributed by atoms with Gasteiger partial charge in [0, 0.05) is 11.5 Å². The minimum atomic E-state index is -0.152. The molecular formula is C20H22O4. The van der Waals surface area contributed by atoms with Crippen LogP contribution in [-0.2, 0) is 9.53 Å². The maximum atomic E-state index is 12.8. The standard InChI is InChI=1S/C20H22O4/c1-23-18-10-9-15-11-17(8-7-16(15)12-18)19(21)13-3-5-14(6-4-13)20(22)24-2/h7-14H,3-6H2,1-2H3. The molecule has 0 amide bonds. The Hall–Kier alpha value is -2.36. The second-order valence-corrected chi connectivity index (χ2v) is 6.36. The van der Waals surface area contributed by atoms with Gasteiger partial charge in [-0.3, -0.25) is 9.59 Å². The van der Waals surface area contributed by atoms with Gasteiger partial charge in [0.25, 0.3) is 0 Å². The van der Waals surface area contributed by atoms with E-state index in [1.807, 2.05) is 36.4 Å². The Morgan fingerprint density at radius 3 is 2.17 bits per heavy atom. The fourth-order valence-corrected chi connectivity index (χ4v) is 3.50. The van der Waals surface area contributed by atoms with Gasteiger partial charge in [-0.25, -0.2) is 0 Å². The number of ketones is 1. The summed E-state index contributed by atoms with van der Waals surface area (Å²) in [5, 5.41) is 2.09. The van der Waals surface area contributed by atoms with Gasteiger partial charge >= 0.3 is 5.97 Å². The molecule has 1 saturated carbocycles. The first kappa shape index (κ1) is 16.5. The molecule has 126 valence electrons. The smallest absolute Gasteiger partial charge is 0.308 e. The van der Waals surface area contributed by atoms with Crippen molar-refractivity contribution in [2.24, 2.45) is 11.8 Å². The fraction of sp³-hybridized carbons (Fsp3) is 0.400. The fourth-order valence-electron chi connectivity index (χ4n) is 3.50. The highest BCUT2D eigenvalue weighted by Gasteiger charge is 2.30. The van der Waals surface area contributed by atoms with Gasteiger partial charge in [-0.1, -0.05) is 18.2 Å². The van der Waals surface area contributed by atoms with E-state index in [9.17, 15) is 9.59 Å². The third-order valence-corrected chi connectivity index (χ3v) is 4.96. The summed E-state index contributed by atoms with van der Waals surface area (Å²) in [7, 11) is 3.06. The molecule has 2 aromatic carbocycles. The molecule has 0 radical (unpaired) electrons. The van der Waals surface area contributed by atoms with Crippen LogP contribution in [0.5, 0.6) is 5.75 Å². The minimum Gasteiger partial charge on any atom is -0.497 e. The van der Waals surface area contributed by atoms with Crippen molar-refractivity contribution in [3.63, 3.8) is 0 Å². The van der Waals surface area contributed by atoms with E-state index < -0.39 is 0 Å². The van der Waals surface area contributed by atoms with Gasteiger partial charge in [0.15, 0.2) is 5.78 Å². The molecule has 4 heteroatoms. The van der Waals surface area contributed by atoms with Crippen LogP contribution in [0, 0.1) is 11.8 Å². The summed E-state index contributed by atoms with van der Waals surface area (Å²) in [6.45, 7) is 0. The molecule has 0 atom stereocenters. The summed E-state index contributed by atoms with van der Waals surface area (Å²) in [6, 6.07) is 11.6. The molecular weight excluding hydrogens is 304 g/mol. The third-order valence-electron chi connectivity index (χ3n) is 4.96. The zero-order valence-electron chi connectivity index (χ0n) is 14.1. The van der Waals surface area contributed by atoms with Crippen molar-refractivity contribution in [3.05, 3.63) is 42.0 Å². The number of hydrogen-bond donors (Lipinski definition) is 0. The Balaban J connectivity index is 1.73. The zero-order chi connectivity index (χ0) is 17.1. The molecule has 1 aliphatic rings. The number of ether oxygens (including phenoxy) is 2. The van der Waals surface area contributed by atoms with Crippen LogP contribution < -0.4 is 4.74 Å². The van der Waals surface area contributed by atoms with Crippen LogP contribution in [0.4, 0.5) is 0 Å². The van der Waals surface area contributed by atoms with Crippen molar-refractivity contribution in [2.75, 3.05) is 14.2 Å². The number of rotatable bonds is 4. The average molecular weight is 326 g/mol. The van der Waals surface area contributed by atoms with E-state index in [-0.39, 0.29) is 23.6 Å². The monoisotopic (exact) mass is 326 g/mol. The van der Waals surface area contributed by atoms with Gasteiger partial charge in [-0.15, -0.1) is 0 Å². The Morgan fingerprint density at radius 2 is 1.50 bits per heavy atom. The van der Waals surface area contributed by atoms with Gasteiger partial charge in [-0.05, 0) is 54.7 Å². The molecule has 0 spiro atoms. The van der Waals surface area contributed by atoms with Crippen LogP contribution >= 0.6 is 0 Å². The number of carbonyl (C=O) groups excluding carboxylic acids is 2. The quantitative estimate of drug-likeness (QED) is 0.629. The van der Waals surface area contributed by atoms with Crippen molar-refractivity contribution >= 4 is 22.5 Å². The predicted molar refractivity (Wildman–Crippen MR) is 92.3 cm³/mol. The Morgan fingerprint density at radius 1 is 0.875 bits per heavy atom. The normalized spacial score (nSPS) is 20.6. The van der Waals surface area contributed by atoms with Crippen molar-refractivity contribution in [2.45, 2.75) is 25.7 Å². The summed E-state index contributed by atoms with van der Waals surface area (Å²) in [6.07, 6.45) is 2.96. The van der Waals surface area contributed by atoms with Crippen molar-refractivity contribution in [3.8, 4) is 5.75 Å². The third kappa shape index (κ3) is 3.28. The van der Waals surface area contributed by atoms with Crippen LogP contribution in [0.2, 0.25) is 0 Å². The maximum Gasteiger partial charge on any atom is 0.308 e. The number of Topliss-reactive ketones (excluding diaryl/α,β-unsaturated/α-hetero) is 1. The molecule has 3 rings (SSSR count). The average Bonchev–Trinajstić information content (AvgIpc) is 2.66. The number of benzene rings is 2. The largest absolute Gasteiger partial charge is 0.497 e. The number of carbonyl (C=O) groups is 2. The first-order valence-corrected chi connectivity index (χ1v) is 8.32. The highest BCUT2D eigenvalue weighted by atomic mass is 16.5. The molecule has 24 heavy (non-hydrogen) atoms. The summed E-state index contributed by atoms with van der Waals surface area (Å²) in [5.41, 5.74) is 0.745. The van der Waals surface area contributed by atoms with Gasteiger partial charge in [0.2, 0.25) is 0 Å². The summed E-state index contributed by atoms with van der Waals surface area (Å²) in [4.78, 5) is 24.4. The number of esters is 1. The Bertz CT molecular complexity index is 757. The summed E-state index contributed by atoms with van der Waals surface area (Å²) >= 11 is 0. The molecule has 0 N–H and O–H groups in total. The van der Waals surface area contributed by atoms with Crippen molar-refractivity contribution in [1.29, 1.82) is 0 Å².